The molecule has 0 amide bonds. The van der Waals surface area contributed by atoms with Crippen LogP contribution >= 0.6 is 46.2 Å². The van der Waals surface area contributed by atoms with Gasteiger partial charge in [0.05, 0.1) is 13.2 Å². The van der Waals surface area contributed by atoms with Crippen molar-refractivity contribution < 1.29 is 45.7 Å². The molecule has 0 N–H and O–H groups in total. The van der Waals surface area contributed by atoms with E-state index < -0.39 is 19.9 Å². The fraction of sp³-hybridized carbons (Fsp3) is 0.429. The average Bonchev–Trinajstić information content (AvgIpc) is 3.39. The minimum atomic E-state index is -5.17. The molecular formula is C28H36N2O8S5. The van der Waals surface area contributed by atoms with Crippen molar-refractivity contribution in [2.45, 2.75) is 59.7 Å². The third-order valence-electron chi connectivity index (χ3n) is 5.61. The van der Waals surface area contributed by atoms with Gasteiger partial charge in [-0.05, 0) is 77.2 Å². The molecule has 0 aliphatic carbocycles. The van der Waals surface area contributed by atoms with Crippen molar-refractivity contribution in [2.75, 3.05) is 13.2 Å². The zero-order valence-corrected chi connectivity index (χ0v) is 29.3. The predicted octanol–water partition coefficient (Wildman–Crippen LogP) is 4.98. The van der Waals surface area contributed by atoms with Gasteiger partial charge in [0.25, 0.3) is 8.68 Å². The zero-order valence-electron chi connectivity index (χ0n) is 25.2. The van der Waals surface area contributed by atoms with E-state index in [2.05, 4.69) is 33.4 Å². The van der Waals surface area contributed by atoms with Crippen molar-refractivity contribution in [1.82, 2.24) is 0 Å². The van der Waals surface area contributed by atoms with Crippen LogP contribution in [0.5, 0.6) is 0 Å². The lowest BCUT2D eigenvalue weighted by molar-refractivity contribution is -0.677. The first kappa shape index (κ1) is 36.9. The molecule has 0 bridgehead atoms. The maximum Gasteiger partial charge on any atom is 0.322 e. The minimum Gasteiger partial charge on any atom is -0.759 e. The summed E-state index contributed by atoms with van der Waals surface area (Å²) in [6.45, 7) is 12.1. The van der Waals surface area contributed by atoms with Gasteiger partial charge in [0.15, 0.2) is 0 Å². The topological polar surface area (TPSA) is 141 Å². The quantitative estimate of drug-likeness (QED) is 0.0818. The Morgan fingerprint density at radius 1 is 0.744 bits per heavy atom. The highest BCUT2D eigenvalue weighted by Crippen LogP contribution is 2.38. The number of aromatic nitrogens is 2. The van der Waals surface area contributed by atoms with Crippen molar-refractivity contribution in [3.63, 3.8) is 0 Å². The van der Waals surface area contributed by atoms with E-state index in [4.69, 9.17) is 27.0 Å². The van der Waals surface area contributed by atoms with E-state index in [1.807, 2.05) is 79.9 Å². The third kappa shape index (κ3) is 11.0. The number of benzene rings is 2. The normalized spacial score (nSPS) is 11.8. The molecule has 0 saturated heterocycles. The second-order valence-electron chi connectivity index (χ2n) is 9.86. The number of rotatable bonds is 8. The van der Waals surface area contributed by atoms with Crippen LogP contribution in [0.2, 0.25) is 0 Å². The number of thiazole rings is 2. The van der Waals surface area contributed by atoms with Crippen molar-refractivity contribution >= 4 is 89.0 Å². The standard InChI is InChI=1S/2C14H18NO2S2.H2O4S/c2*1-5-17-12(16)14(2,3)19-13-15(4)10-8-6-7-9-11(10)18-13;1-5(2,3)4/h2*6-9H,5H2,1-4H3;(H2,1,2,3,4)/q2*+1;/p-2. The van der Waals surface area contributed by atoms with Crippen LogP contribution in [0.25, 0.3) is 20.4 Å². The van der Waals surface area contributed by atoms with Crippen LogP contribution in [0.4, 0.5) is 0 Å². The van der Waals surface area contributed by atoms with Gasteiger partial charge in [-0.15, -0.1) is 0 Å². The number of carbonyl (C=O) groups is 2. The van der Waals surface area contributed by atoms with Crippen LogP contribution in [0.1, 0.15) is 41.5 Å². The molecule has 0 spiro atoms. The number of hydrogen-bond donors (Lipinski definition) is 0. The third-order valence-corrected chi connectivity index (χ3v) is 10.9. The smallest absolute Gasteiger partial charge is 0.322 e. The fourth-order valence-corrected chi connectivity index (χ4v) is 8.98. The first-order valence-corrected chi connectivity index (χ1v) is 17.7. The van der Waals surface area contributed by atoms with Gasteiger partial charge >= 0.3 is 11.9 Å². The summed E-state index contributed by atoms with van der Waals surface area (Å²) in [6, 6.07) is 16.5. The van der Waals surface area contributed by atoms with Gasteiger partial charge in [-0.2, -0.15) is 9.13 Å². The largest absolute Gasteiger partial charge is 0.759 e. The van der Waals surface area contributed by atoms with Gasteiger partial charge in [0.1, 0.15) is 33.0 Å². The number of para-hydroxylation sites is 2. The molecule has 236 valence electrons. The van der Waals surface area contributed by atoms with Crippen molar-refractivity contribution in [3.05, 3.63) is 48.5 Å². The summed E-state index contributed by atoms with van der Waals surface area (Å²) in [6.07, 6.45) is 0. The lowest BCUT2D eigenvalue weighted by Gasteiger charge is -2.18. The summed E-state index contributed by atoms with van der Waals surface area (Å²) >= 11 is 6.52. The van der Waals surface area contributed by atoms with Gasteiger partial charge in [0.2, 0.25) is 11.0 Å². The Balaban J connectivity index is 0.000000260. The number of carbonyl (C=O) groups excluding carboxylic acids is 2. The van der Waals surface area contributed by atoms with Crippen LogP contribution in [0.15, 0.2) is 57.2 Å². The monoisotopic (exact) mass is 688 g/mol. The Bertz CT molecular complexity index is 1550. The van der Waals surface area contributed by atoms with E-state index in [0.29, 0.717) is 13.2 Å². The van der Waals surface area contributed by atoms with Crippen LogP contribution in [-0.2, 0) is 43.6 Å². The molecule has 2 heterocycles. The Hall–Kier alpha value is -2.27. The van der Waals surface area contributed by atoms with Crippen molar-refractivity contribution in [3.8, 4) is 0 Å². The molecule has 0 aliphatic rings. The molecule has 4 aromatic rings. The van der Waals surface area contributed by atoms with Crippen molar-refractivity contribution in [2.24, 2.45) is 14.1 Å². The van der Waals surface area contributed by atoms with E-state index in [0.717, 1.165) is 8.68 Å². The first-order chi connectivity index (χ1) is 19.9. The Labute approximate surface area is 269 Å². The lowest BCUT2D eigenvalue weighted by Crippen LogP contribution is -2.34. The van der Waals surface area contributed by atoms with E-state index >= 15 is 0 Å². The number of thioether (sulfide) groups is 2. The molecule has 0 fully saturated rings. The number of ether oxygens (including phenoxy) is 2. The summed E-state index contributed by atoms with van der Waals surface area (Å²) < 4.78 is 52.1. The maximum atomic E-state index is 11.9. The fourth-order valence-electron chi connectivity index (χ4n) is 3.47. The van der Waals surface area contributed by atoms with E-state index in [1.165, 1.54) is 20.4 Å². The molecule has 2 aromatic carbocycles. The molecule has 0 atom stereocenters. The summed E-state index contributed by atoms with van der Waals surface area (Å²) in [5.41, 5.74) is 2.38. The van der Waals surface area contributed by atoms with E-state index in [-0.39, 0.29) is 11.9 Å². The van der Waals surface area contributed by atoms with Crippen LogP contribution in [0.3, 0.4) is 0 Å². The highest BCUT2D eigenvalue weighted by Gasteiger charge is 2.36. The van der Waals surface area contributed by atoms with Crippen LogP contribution < -0.4 is 9.13 Å². The highest BCUT2D eigenvalue weighted by atomic mass is 32.3. The summed E-state index contributed by atoms with van der Waals surface area (Å²) in [4.78, 5) is 23.9. The van der Waals surface area contributed by atoms with Gasteiger partial charge in [-0.3, -0.25) is 18.0 Å². The number of esters is 2. The molecule has 0 radical (unpaired) electrons. The molecule has 0 unspecified atom stereocenters. The summed E-state index contributed by atoms with van der Waals surface area (Å²) in [5, 5.41) is 0. The zero-order chi connectivity index (χ0) is 32.6. The molecule has 4 rings (SSSR count). The second-order valence-corrected chi connectivity index (χ2v) is 16.5. The molecule has 2 aromatic heterocycles. The molecule has 0 saturated carbocycles. The van der Waals surface area contributed by atoms with Crippen molar-refractivity contribution in [1.29, 1.82) is 0 Å². The maximum absolute atomic E-state index is 11.9. The SMILES string of the molecule is CCOC(=O)C(C)(C)Sc1sc2ccccc2[n+]1C.CCOC(=O)C(C)(C)Sc1sc2ccccc2[n+]1C.O=S(=O)([O-])[O-]. The minimum absolute atomic E-state index is 0.169. The van der Waals surface area contributed by atoms with Crippen LogP contribution in [-0.4, -0.2) is 52.2 Å². The molecule has 0 aliphatic heterocycles. The van der Waals surface area contributed by atoms with Gasteiger partial charge in [0, 0.05) is 22.5 Å². The van der Waals surface area contributed by atoms with E-state index in [1.54, 1.807) is 46.2 Å². The average molecular weight is 689 g/mol. The van der Waals surface area contributed by atoms with Gasteiger partial charge in [-0.1, -0.05) is 46.9 Å². The van der Waals surface area contributed by atoms with Gasteiger partial charge < -0.3 is 18.6 Å². The summed E-state index contributed by atoms with van der Waals surface area (Å²) in [7, 11) is -1.11. The predicted molar refractivity (Wildman–Crippen MR) is 170 cm³/mol. The van der Waals surface area contributed by atoms with Crippen LogP contribution in [0, 0.1) is 0 Å². The molecular weight excluding hydrogens is 653 g/mol. The van der Waals surface area contributed by atoms with Gasteiger partial charge in [-0.25, -0.2) is 0 Å². The Kier molecular flexibility index (Phi) is 13.4. The number of hydrogen-bond acceptors (Lipinski definition) is 12. The highest BCUT2D eigenvalue weighted by molar-refractivity contribution is 8.03. The number of nitrogens with zero attached hydrogens (tertiary/aromatic N) is 2. The Morgan fingerprint density at radius 3 is 1.33 bits per heavy atom. The summed E-state index contributed by atoms with van der Waals surface area (Å²) in [5.74, 6) is -0.338. The Morgan fingerprint density at radius 2 is 1.05 bits per heavy atom. The van der Waals surface area contributed by atoms with E-state index in [9.17, 15) is 9.59 Å². The first-order valence-electron chi connectivity index (χ1n) is 13.1. The lowest BCUT2D eigenvalue weighted by atomic mass is 10.2. The number of fused-ring (bicyclic) bond motifs is 2. The molecule has 10 nitrogen and oxygen atoms in total. The number of aryl methyl sites for hydroxylation is 2. The molecule has 43 heavy (non-hydrogen) atoms. The molecule has 15 heteroatoms. The second kappa shape index (κ2) is 15.6.